The third-order valence-electron chi connectivity index (χ3n) is 3.64. The molecule has 0 unspecified atom stereocenters. The minimum Gasteiger partial charge on any atom is -0.497 e. The van der Waals surface area contributed by atoms with E-state index >= 15 is 0 Å². The number of methoxy groups -OCH3 is 1. The van der Waals surface area contributed by atoms with Crippen molar-refractivity contribution in [3.05, 3.63) is 74.9 Å². The quantitative estimate of drug-likeness (QED) is 0.755. The summed E-state index contributed by atoms with van der Waals surface area (Å²) in [6.07, 6.45) is 1.43. The van der Waals surface area contributed by atoms with Crippen LogP contribution in [0.5, 0.6) is 5.75 Å². The lowest BCUT2D eigenvalue weighted by molar-refractivity contribution is 0.415. The van der Waals surface area contributed by atoms with Gasteiger partial charge < -0.3 is 9.72 Å². The van der Waals surface area contributed by atoms with E-state index < -0.39 is 15.4 Å². The third-order valence-corrected chi connectivity index (χ3v) is 5.28. The lowest BCUT2D eigenvalue weighted by Gasteiger charge is -2.03. The SMILES string of the molecule is COc1ccc(C=CS(=O)(=O)c2cc3ccc(Cl)cc3[nH]c2=O)cc1. The molecule has 2 aromatic carbocycles. The third kappa shape index (κ3) is 3.75. The Labute approximate surface area is 149 Å². The summed E-state index contributed by atoms with van der Waals surface area (Å²) >= 11 is 5.88. The number of pyridine rings is 1. The van der Waals surface area contributed by atoms with Gasteiger partial charge in [0.05, 0.1) is 7.11 Å². The summed E-state index contributed by atoms with van der Waals surface area (Å²) in [6, 6.07) is 13.1. The molecule has 0 atom stereocenters. The number of aromatic amines is 1. The van der Waals surface area contributed by atoms with Crippen LogP contribution in [-0.4, -0.2) is 20.5 Å². The minimum atomic E-state index is -3.89. The number of halogens is 1. The van der Waals surface area contributed by atoms with Crippen LogP contribution in [0.25, 0.3) is 17.0 Å². The van der Waals surface area contributed by atoms with Crippen molar-refractivity contribution in [3.63, 3.8) is 0 Å². The molecule has 128 valence electrons. The molecular formula is C18H14ClNO4S. The molecule has 0 spiro atoms. The van der Waals surface area contributed by atoms with Gasteiger partial charge in [0, 0.05) is 15.9 Å². The van der Waals surface area contributed by atoms with Gasteiger partial charge in [-0.1, -0.05) is 29.8 Å². The van der Waals surface area contributed by atoms with Gasteiger partial charge in [0.25, 0.3) is 5.56 Å². The largest absolute Gasteiger partial charge is 0.497 e. The molecule has 0 aliphatic heterocycles. The summed E-state index contributed by atoms with van der Waals surface area (Å²) in [5.74, 6) is 0.671. The first-order valence-electron chi connectivity index (χ1n) is 7.29. The highest BCUT2D eigenvalue weighted by Crippen LogP contribution is 2.20. The average molecular weight is 376 g/mol. The fourth-order valence-corrected chi connectivity index (χ4v) is 3.58. The number of benzene rings is 2. The zero-order chi connectivity index (χ0) is 18.0. The number of H-pyrrole nitrogens is 1. The first kappa shape index (κ1) is 17.3. The van der Waals surface area contributed by atoms with Gasteiger partial charge in [0.15, 0.2) is 0 Å². The molecule has 1 N–H and O–H groups in total. The van der Waals surface area contributed by atoms with Crippen LogP contribution in [0.15, 0.2) is 63.6 Å². The summed E-state index contributed by atoms with van der Waals surface area (Å²) in [7, 11) is -2.34. The highest BCUT2D eigenvalue weighted by Gasteiger charge is 2.16. The van der Waals surface area contributed by atoms with Crippen molar-refractivity contribution >= 4 is 38.4 Å². The van der Waals surface area contributed by atoms with Crippen molar-refractivity contribution < 1.29 is 13.2 Å². The van der Waals surface area contributed by atoms with Gasteiger partial charge in [-0.2, -0.15) is 0 Å². The van der Waals surface area contributed by atoms with Gasteiger partial charge in [0.2, 0.25) is 9.84 Å². The summed E-state index contributed by atoms with van der Waals surface area (Å²) in [6.45, 7) is 0. The van der Waals surface area contributed by atoms with Crippen LogP contribution in [0.3, 0.4) is 0 Å². The van der Waals surface area contributed by atoms with Crippen molar-refractivity contribution in [1.82, 2.24) is 4.98 Å². The van der Waals surface area contributed by atoms with E-state index in [-0.39, 0.29) is 4.90 Å². The van der Waals surface area contributed by atoms with E-state index in [2.05, 4.69) is 4.98 Å². The number of hydrogen-bond acceptors (Lipinski definition) is 4. The number of nitrogens with one attached hydrogen (secondary N) is 1. The molecule has 0 aliphatic carbocycles. The van der Waals surface area contributed by atoms with Crippen LogP contribution < -0.4 is 10.3 Å². The van der Waals surface area contributed by atoms with Gasteiger partial charge in [-0.25, -0.2) is 8.42 Å². The van der Waals surface area contributed by atoms with Crippen molar-refractivity contribution in [2.45, 2.75) is 4.90 Å². The molecule has 0 fully saturated rings. The van der Waals surface area contributed by atoms with Gasteiger partial charge in [0.1, 0.15) is 10.6 Å². The van der Waals surface area contributed by atoms with Gasteiger partial charge >= 0.3 is 0 Å². The van der Waals surface area contributed by atoms with E-state index in [0.29, 0.717) is 27.2 Å². The van der Waals surface area contributed by atoms with Gasteiger partial charge in [-0.3, -0.25) is 4.79 Å². The van der Waals surface area contributed by atoms with Crippen LogP contribution >= 0.6 is 11.6 Å². The second-order valence-electron chi connectivity index (χ2n) is 5.32. The molecule has 0 saturated heterocycles. The number of sulfone groups is 1. The normalized spacial score (nSPS) is 11.9. The van der Waals surface area contributed by atoms with Crippen molar-refractivity contribution in [1.29, 1.82) is 0 Å². The number of ether oxygens (including phenoxy) is 1. The Hall–Kier alpha value is -2.57. The number of aromatic nitrogens is 1. The molecule has 0 saturated carbocycles. The topological polar surface area (TPSA) is 76.2 Å². The van der Waals surface area contributed by atoms with E-state index in [1.165, 1.54) is 12.1 Å². The highest BCUT2D eigenvalue weighted by atomic mass is 35.5. The fourth-order valence-electron chi connectivity index (χ4n) is 2.32. The summed E-state index contributed by atoms with van der Waals surface area (Å²) in [5.41, 5.74) is 0.470. The van der Waals surface area contributed by atoms with Crippen LogP contribution in [-0.2, 0) is 9.84 Å². The predicted molar refractivity (Wildman–Crippen MR) is 98.8 cm³/mol. The first-order valence-corrected chi connectivity index (χ1v) is 9.21. The summed E-state index contributed by atoms with van der Waals surface area (Å²) < 4.78 is 30.1. The molecule has 0 bridgehead atoms. The Balaban J connectivity index is 2.00. The standard InChI is InChI=1S/C18H14ClNO4S/c1-24-15-6-2-12(3-7-15)8-9-25(22,23)17-10-13-4-5-14(19)11-16(13)20-18(17)21/h2-11H,1H3,(H,20,21). The maximum Gasteiger partial charge on any atom is 0.267 e. The maximum atomic E-state index is 12.5. The zero-order valence-corrected chi connectivity index (χ0v) is 14.8. The molecule has 1 heterocycles. The molecule has 25 heavy (non-hydrogen) atoms. The van der Waals surface area contributed by atoms with E-state index in [0.717, 1.165) is 5.41 Å². The number of hydrogen-bond donors (Lipinski definition) is 1. The monoisotopic (exact) mass is 375 g/mol. The van der Waals surface area contributed by atoms with E-state index in [1.54, 1.807) is 49.6 Å². The van der Waals surface area contributed by atoms with Crippen LogP contribution in [0.1, 0.15) is 5.56 Å². The second kappa shape index (κ2) is 6.74. The van der Waals surface area contributed by atoms with Crippen LogP contribution in [0.4, 0.5) is 0 Å². The van der Waals surface area contributed by atoms with Crippen molar-refractivity contribution in [2.24, 2.45) is 0 Å². The lowest BCUT2D eigenvalue weighted by atomic mass is 10.2. The fraction of sp³-hybridized carbons (Fsp3) is 0.0556. The second-order valence-corrected chi connectivity index (χ2v) is 7.55. The molecule has 3 rings (SSSR count). The summed E-state index contributed by atoms with van der Waals surface area (Å²) in [4.78, 5) is 14.4. The minimum absolute atomic E-state index is 0.313. The highest BCUT2D eigenvalue weighted by molar-refractivity contribution is 7.94. The van der Waals surface area contributed by atoms with Crippen molar-refractivity contribution in [3.8, 4) is 5.75 Å². The predicted octanol–water partition coefficient (Wildman–Crippen LogP) is 3.63. The Morgan fingerprint density at radius 1 is 1.08 bits per heavy atom. The number of fused-ring (bicyclic) bond motifs is 1. The van der Waals surface area contributed by atoms with E-state index in [1.807, 2.05) is 0 Å². The Morgan fingerprint density at radius 3 is 2.48 bits per heavy atom. The molecule has 1 aromatic heterocycles. The average Bonchev–Trinajstić information content (AvgIpc) is 2.59. The van der Waals surface area contributed by atoms with Gasteiger partial charge in [-0.15, -0.1) is 0 Å². The molecular weight excluding hydrogens is 362 g/mol. The first-order chi connectivity index (χ1) is 11.9. The lowest BCUT2D eigenvalue weighted by Crippen LogP contribution is -2.15. The molecule has 3 aromatic rings. The number of rotatable bonds is 4. The van der Waals surface area contributed by atoms with Crippen molar-refractivity contribution in [2.75, 3.05) is 7.11 Å². The molecule has 0 aliphatic rings. The van der Waals surface area contributed by atoms with Gasteiger partial charge in [-0.05, 0) is 47.4 Å². The van der Waals surface area contributed by atoms with Crippen LogP contribution in [0.2, 0.25) is 5.02 Å². The molecule has 0 radical (unpaired) electrons. The maximum absolute atomic E-state index is 12.5. The van der Waals surface area contributed by atoms with E-state index in [9.17, 15) is 13.2 Å². The molecule has 5 nitrogen and oxygen atoms in total. The smallest absolute Gasteiger partial charge is 0.267 e. The zero-order valence-electron chi connectivity index (χ0n) is 13.2. The van der Waals surface area contributed by atoms with E-state index in [4.69, 9.17) is 16.3 Å². The summed E-state index contributed by atoms with van der Waals surface area (Å²) in [5, 5.41) is 2.06. The Kier molecular flexibility index (Phi) is 4.65. The molecule has 7 heteroatoms. The molecule has 0 amide bonds. The Bertz CT molecular complexity index is 1120. The van der Waals surface area contributed by atoms with Crippen LogP contribution in [0, 0.1) is 0 Å². The Morgan fingerprint density at radius 2 is 1.80 bits per heavy atom.